The van der Waals surface area contributed by atoms with Crippen molar-refractivity contribution in [3.05, 3.63) is 64.8 Å². The first kappa shape index (κ1) is 16.0. The second-order valence-electron chi connectivity index (χ2n) is 6.38. The molecule has 0 radical (unpaired) electrons. The van der Waals surface area contributed by atoms with E-state index in [1.54, 1.807) is 24.3 Å². The fraction of sp³-hybridized carbons (Fsp3) is 0.250. The van der Waals surface area contributed by atoms with E-state index in [1.165, 1.54) is 22.2 Å². The maximum atomic E-state index is 12.2. The highest BCUT2D eigenvalue weighted by Crippen LogP contribution is 2.29. The number of carbonyl (C=O) groups is 1. The third-order valence-corrected chi connectivity index (χ3v) is 4.90. The molecule has 1 unspecified atom stereocenters. The van der Waals surface area contributed by atoms with Crippen molar-refractivity contribution in [3.8, 4) is 5.75 Å². The summed E-state index contributed by atoms with van der Waals surface area (Å²) in [6.07, 6.45) is 2.74. The number of fused-ring (bicyclic) bond motifs is 3. The Morgan fingerprint density at radius 1 is 1.20 bits per heavy atom. The highest BCUT2D eigenvalue weighted by Gasteiger charge is 2.23. The van der Waals surface area contributed by atoms with E-state index in [1.807, 2.05) is 6.07 Å². The zero-order chi connectivity index (χ0) is 17.2. The van der Waals surface area contributed by atoms with Crippen LogP contribution in [0.4, 0.5) is 0 Å². The summed E-state index contributed by atoms with van der Waals surface area (Å²) in [5.74, 6) is 0.547. The Kier molecular flexibility index (Phi) is 4.36. The minimum absolute atomic E-state index is 0.0128. The van der Waals surface area contributed by atoms with Gasteiger partial charge < -0.3 is 15.0 Å². The molecule has 1 aliphatic carbocycles. The monoisotopic (exact) mass is 354 g/mol. The van der Waals surface area contributed by atoms with Crippen molar-refractivity contribution in [1.82, 2.24) is 10.3 Å². The van der Waals surface area contributed by atoms with Crippen LogP contribution in [0.25, 0.3) is 10.9 Å². The summed E-state index contributed by atoms with van der Waals surface area (Å²) in [7, 11) is 0. The first-order valence-electron chi connectivity index (χ1n) is 8.45. The van der Waals surface area contributed by atoms with Crippen molar-refractivity contribution in [2.75, 3.05) is 6.61 Å². The van der Waals surface area contributed by atoms with Crippen LogP contribution in [0, 0.1) is 0 Å². The lowest BCUT2D eigenvalue weighted by Crippen LogP contribution is -2.41. The quantitative estimate of drug-likeness (QED) is 0.747. The Morgan fingerprint density at radius 3 is 2.84 bits per heavy atom. The Labute approximate surface area is 151 Å². The molecule has 0 saturated heterocycles. The second-order valence-corrected chi connectivity index (χ2v) is 6.81. The maximum absolute atomic E-state index is 12.2. The number of halogens is 1. The van der Waals surface area contributed by atoms with Crippen LogP contribution in [0.3, 0.4) is 0 Å². The molecule has 1 atom stereocenters. The van der Waals surface area contributed by atoms with E-state index in [4.69, 9.17) is 16.3 Å². The lowest BCUT2D eigenvalue weighted by molar-refractivity contribution is -0.123. The van der Waals surface area contributed by atoms with Gasteiger partial charge in [0.15, 0.2) is 6.61 Å². The molecule has 4 rings (SSSR count). The van der Waals surface area contributed by atoms with Gasteiger partial charge in [-0.25, -0.2) is 0 Å². The van der Waals surface area contributed by atoms with Gasteiger partial charge in [-0.15, -0.1) is 0 Å². The summed E-state index contributed by atoms with van der Waals surface area (Å²) in [5, 5.41) is 5.00. The van der Waals surface area contributed by atoms with Crippen LogP contribution in [0.15, 0.2) is 48.5 Å². The number of nitrogens with one attached hydrogen (secondary N) is 2. The molecule has 2 aromatic carbocycles. The van der Waals surface area contributed by atoms with Crippen LogP contribution < -0.4 is 10.1 Å². The van der Waals surface area contributed by atoms with Crippen LogP contribution in [0.5, 0.6) is 5.75 Å². The molecule has 0 bridgehead atoms. The molecule has 2 N–H and O–H groups in total. The van der Waals surface area contributed by atoms with Gasteiger partial charge in [-0.3, -0.25) is 4.79 Å². The van der Waals surface area contributed by atoms with E-state index in [-0.39, 0.29) is 18.6 Å². The van der Waals surface area contributed by atoms with Crippen molar-refractivity contribution in [3.63, 3.8) is 0 Å². The number of aryl methyl sites for hydroxylation is 1. The molecule has 1 aromatic heterocycles. The molecule has 1 amide bonds. The Bertz CT molecular complexity index is 902. The van der Waals surface area contributed by atoms with Crippen LogP contribution in [0.2, 0.25) is 5.02 Å². The van der Waals surface area contributed by atoms with Gasteiger partial charge in [0.1, 0.15) is 5.75 Å². The maximum Gasteiger partial charge on any atom is 0.258 e. The standard InChI is InChI=1S/C20H19ClN2O2/c21-13-5-8-15(9-6-13)25-12-20(24)22-14-7-10-19-17(11-14)16-3-1-2-4-18(16)23-19/h1-6,8-9,14,23H,7,10-12H2,(H,22,24). The Hall–Kier alpha value is -2.46. The first-order chi connectivity index (χ1) is 12.2. The summed E-state index contributed by atoms with van der Waals surface area (Å²) in [5.41, 5.74) is 3.79. The van der Waals surface area contributed by atoms with Gasteiger partial charge in [-0.1, -0.05) is 29.8 Å². The molecule has 128 valence electrons. The minimum Gasteiger partial charge on any atom is -0.484 e. The van der Waals surface area contributed by atoms with Gasteiger partial charge in [-0.05, 0) is 55.2 Å². The van der Waals surface area contributed by atoms with E-state index in [0.717, 1.165) is 19.3 Å². The van der Waals surface area contributed by atoms with E-state index in [9.17, 15) is 4.79 Å². The number of ether oxygens (including phenoxy) is 1. The number of aromatic amines is 1. The molecule has 3 aromatic rings. The summed E-state index contributed by atoms with van der Waals surface area (Å²) < 4.78 is 5.51. The summed E-state index contributed by atoms with van der Waals surface area (Å²) in [4.78, 5) is 15.7. The van der Waals surface area contributed by atoms with E-state index in [2.05, 4.69) is 28.5 Å². The second kappa shape index (κ2) is 6.81. The van der Waals surface area contributed by atoms with E-state index in [0.29, 0.717) is 10.8 Å². The molecule has 1 heterocycles. The van der Waals surface area contributed by atoms with Gasteiger partial charge >= 0.3 is 0 Å². The van der Waals surface area contributed by atoms with Gasteiger partial charge in [0, 0.05) is 27.7 Å². The number of para-hydroxylation sites is 1. The highest BCUT2D eigenvalue weighted by atomic mass is 35.5. The van der Waals surface area contributed by atoms with Crippen molar-refractivity contribution < 1.29 is 9.53 Å². The molecule has 1 aliphatic rings. The number of carbonyl (C=O) groups excluding carboxylic acids is 1. The van der Waals surface area contributed by atoms with Crippen molar-refractivity contribution in [1.29, 1.82) is 0 Å². The molecule has 0 aliphatic heterocycles. The van der Waals surface area contributed by atoms with Crippen molar-refractivity contribution in [2.45, 2.75) is 25.3 Å². The lowest BCUT2D eigenvalue weighted by Gasteiger charge is -2.23. The number of hydrogen-bond acceptors (Lipinski definition) is 2. The summed E-state index contributed by atoms with van der Waals surface area (Å²) >= 11 is 5.84. The highest BCUT2D eigenvalue weighted by molar-refractivity contribution is 6.30. The molecule has 0 saturated carbocycles. The first-order valence-corrected chi connectivity index (χ1v) is 8.83. The predicted molar refractivity (Wildman–Crippen MR) is 99.2 cm³/mol. The molecular weight excluding hydrogens is 336 g/mol. The fourth-order valence-electron chi connectivity index (χ4n) is 3.44. The number of H-pyrrole nitrogens is 1. The Balaban J connectivity index is 1.37. The molecule has 4 nitrogen and oxygen atoms in total. The number of amides is 1. The molecule has 5 heteroatoms. The third-order valence-electron chi connectivity index (χ3n) is 4.64. The van der Waals surface area contributed by atoms with Crippen LogP contribution in [0.1, 0.15) is 17.7 Å². The number of hydrogen-bond donors (Lipinski definition) is 2. The average molecular weight is 355 g/mol. The van der Waals surface area contributed by atoms with E-state index >= 15 is 0 Å². The van der Waals surface area contributed by atoms with Crippen LogP contribution in [-0.4, -0.2) is 23.5 Å². The average Bonchev–Trinajstić information content (AvgIpc) is 2.99. The number of rotatable bonds is 4. The number of aromatic nitrogens is 1. The van der Waals surface area contributed by atoms with Crippen LogP contribution >= 0.6 is 11.6 Å². The smallest absolute Gasteiger partial charge is 0.258 e. The van der Waals surface area contributed by atoms with Crippen LogP contribution in [-0.2, 0) is 17.6 Å². The molecule has 0 spiro atoms. The van der Waals surface area contributed by atoms with E-state index < -0.39 is 0 Å². The SMILES string of the molecule is O=C(COc1ccc(Cl)cc1)NC1CCc2[nH]c3ccccc3c2C1. The topological polar surface area (TPSA) is 54.1 Å². The Morgan fingerprint density at radius 2 is 2.00 bits per heavy atom. The largest absolute Gasteiger partial charge is 0.484 e. The van der Waals surface area contributed by atoms with Gasteiger partial charge in [0.05, 0.1) is 0 Å². The zero-order valence-corrected chi connectivity index (χ0v) is 14.5. The molecule has 25 heavy (non-hydrogen) atoms. The van der Waals surface area contributed by atoms with Crippen molar-refractivity contribution in [2.24, 2.45) is 0 Å². The third kappa shape index (κ3) is 3.49. The number of benzene rings is 2. The molecule has 0 fully saturated rings. The van der Waals surface area contributed by atoms with Gasteiger partial charge in [-0.2, -0.15) is 0 Å². The lowest BCUT2D eigenvalue weighted by atomic mass is 9.91. The van der Waals surface area contributed by atoms with Gasteiger partial charge in [0.25, 0.3) is 5.91 Å². The van der Waals surface area contributed by atoms with Crippen molar-refractivity contribution >= 4 is 28.4 Å². The van der Waals surface area contributed by atoms with Gasteiger partial charge in [0.2, 0.25) is 0 Å². The minimum atomic E-state index is -0.0942. The zero-order valence-electron chi connectivity index (χ0n) is 13.7. The molecular formula is C20H19ClN2O2. The summed E-state index contributed by atoms with van der Waals surface area (Å²) in [6.45, 7) is 0.0128. The predicted octanol–water partition coefficient (Wildman–Crippen LogP) is 3.87. The summed E-state index contributed by atoms with van der Waals surface area (Å²) in [6, 6.07) is 15.5. The fourth-order valence-corrected chi connectivity index (χ4v) is 3.57. The normalized spacial score (nSPS) is 16.4.